The zero-order chi connectivity index (χ0) is 13.2. The van der Waals surface area contributed by atoms with Crippen LogP contribution in [0.15, 0.2) is 6.20 Å². The summed E-state index contributed by atoms with van der Waals surface area (Å²) in [6.07, 6.45) is -4.10. The average molecular weight is 362 g/mol. The van der Waals surface area contributed by atoms with Gasteiger partial charge in [-0.05, 0) is 22.6 Å². The summed E-state index contributed by atoms with van der Waals surface area (Å²) < 4.78 is 39.8. The van der Waals surface area contributed by atoms with Crippen LogP contribution in [-0.4, -0.2) is 22.4 Å². The van der Waals surface area contributed by atoms with Crippen molar-refractivity contribution in [2.24, 2.45) is 5.73 Å². The van der Waals surface area contributed by atoms with E-state index in [2.05, 4.69) is 9.72 Å². The maximum atomic E-state index is 12.0. The van der Waals surface area contributed by atoms with Crippen LogP contribution in [0.2, 0.25) is 0 Å². The number of aromatic carboxylic acids is 1. The molecule has 5 nitrogen and oxygen atoms in total. The molecule has 1 heterocycles. The average Bonchev–Trinajstić information content (AvgIpc) is 2.15. The number of hydrogen-bond donors (Lipinski definition) is 2. The van der Waals surface area contributed by atoms with E-state index in [0.29, 0.717) is 0 Å². The molecule has 94 valence electrons. The maximum absolute atomic E-state index is 12.0. The number of pyridine rings is 1. The predicted molar refractivity (Wildman–Crippen MR) is 58.5 cm³/mol. The highest BCUT2D eigenvalue weighted by Gasteiger charge is 2.33. The van der Waals surface area contributed by atoms with Crippen molar-refractivity contribution in [3.05, 3.63) is 20.9 Å². The lowest BCUT2D eigenvalue weighted by molar-refractivity contribution is -0.276. The van der Waals surface area contributed by atoms with Gasteiger partial charge in [0.1, 0.15) is 0 Å². The van der Waals surface area contributed by atoms with E-state index < -0.39 is 18.2 Å². The molecule has 3 N–H and O–H groups in total. The number of ether oxygens (including phenoxy) is 1. The van der Waals surface area contributed by atoms with E-state index in [-0.39, 0.29) is 21.2 Å². The van der Waals surface area contributed by atoms with Crippen molar-refractivity contribution < 1.29 is 27.8 Å². The van der Waals surface area contributed by atoms with E-state index in [1.54, 1.807) is 22.6 Å². The maximum Gasteiger partial charge on any atom is 0.574 e. The molecule has 17 heavy (non-hydrogen) atoms. The number of rotatable bonds is 3. The van der Waals surface area contributed by atoms with Gasteiger partial charge in [0.05, 0.1) is 5.56 Å². The van der Waals surface area contributed by atoms with E-state index in [0.717, 1.165) is 6.20 Å². The molecule has 0 saturated heterocycles. The smallest absolute Gasteiger partial charge is 0.478 e. The van der Waals surface area contributed by atoms with Crippen molar-refractivity contribution in [2.45, 2.75) is 12.9 Å². The van der Waals surface area contributed by atoms with Gasteiger partial charge in [-0.3, -0.25) is 0 Å². The van der Waals surface area contributed by atoms with Gasteiger partial charge in [-0.1, -0.05) is 0 Å². The summed E-state index contributed by atoms with van der Waals surface area (Å²) in [4.78, 5) is 14.0. The number of aromatic nitrogens is 1. The Morgan fingerprint density at radius 3 is 2.59 bits per heavy atom. The first kappa shape index (κ1) is 14.0. The van der Waals surface area contributed by atoms with Gasteiger partial charge < -0.3 is 15.6 Å². The zero-order valence-electron chi connectivity index (χ0n) is 8.08. The fourth-order valence-corrected chi connectivity index (χ4v) is 1.86. The number of carbonyl (C=O) groups is 1. The number of halogens is 4. The van der Waals surface area contributed by atoms with E-state index >= 15 is 0 Å². The lowest BCUT2D eigenvalue weighted by atomic mass is 10.2. The summed E-state index contributed by atoms with van der Waals surface area (Å²) in [6.45, 7) is -0.308. The molecular formula is C8H6F3IN2O3. The molecule has 0 amide bonds. The Hall–Kier alpha value is -1.10. The molecule has 0 aliphatic rings. The molecule has 0 atom stereocenters. The monoisotopic (exact) mass is 362 g/mol. The fraction of sp³-hybridized carbons (Fsp3) is 0.250. The topological polar surface area (TPSA) is 85.4 Å². The number of hydrogen-bond acceptors (Lipinski definition) is 4. The summed E-state index contributed by atoms with van der Waals surface area (Å²) >= 11 is 1.59. The van der Waals surface area contributed by atoms with Gasteiger partial charge in [-0.2, -0.15) is 0 Å². The largest absolute Gasteiger partial charge is 0.574 e. The van der Waals surface area contributed by atoms with Crippen molar-refractivity contribution in [3.8, 4) is 5.88 Å². The highest BCUT2D eigenvalue weighted by molar-refractivity contribution is 14.1. The molecule has 1 aromatic rings. The lowest BCUT2D eigenvalue weighted by Crippen LogP contribution is -2.21. The van der Waals surface area contributed by atoms with Crippen LogP contribution in [0.1, 0.15) is 15.9 Å². The molecule has 0 aromatic carbocycles. The second-order valence-electron chi connectivity index (χ2n) is 2.83. The van der Waals surface area contributed by atoms with Crippen molar-refractivity contribution in [1.82, 2.24) is 4.98 Å². The molecule has 0 radical (unpaired) electrons. The number of carboxylic acids is 1. The van der Waals surface area contributed by atoms with Crippen molar-refractivity contribution in [3.63, 3.8) is 0 Å². The second kappa shape index (κ2) is 5.04. The first-order chi connectivity index (χ1) is 7.76. The third kappa shape index (κ3) is 3.43. The summed E-state index contributed by atoms with van der Waals surface area (Å²) in [5, 5.41) is 8.76. The molecular weight excluding hydrogens is 356 g/mol. The van der Waals surface area contributed by atoms with Crippen molar-refractivity contribution in [1.29, 1.82) is 0 Å². The number of carboxylic acid groups (broad SMARTS) is 1. The summed E-state index contributed by atoms with van der Waals surface area (Å²) in [7, 11) is 0. The molecule has 1 rings (SSSR count). The molecule has 0 unspecified atom stereocenters. The summed E-state index contributed by atoms with van der Waals surface area (Å²) in [6, 6.07) is 0. The molecule has 0 fully saturated rings. The fourth-order valence-electron chi connectivity index (χ4n) is 1.04. The highest BCUT2D eigenvalue weighted by atomic mass is 127. The minimum absolute atomic E-state index is 0.0758. The Morgan fingerprint density at radius 2 is 2.18 bits per heavy atom. The predicted octanol–water partition coefficient (Wildman–Crippen LogP) is 1.74. The van der Waals surface area contributed by atoms with Gasteiger partial charge in [0.2, 0.25) is 5.88 Å². The zero-order valence-corrected chi connectivity index (χ0v) is 10.2. The number of nitrogens with two attached hydrogens (primary N) is 1. The minimum Gasteiger partial charge on any atom is -0.478 e. The van der Waals surface area contributed by atoms with Gasteiger partial charge in [0, 0.05) is 21.9 Å². The van der Waals surface area contributed by atoms with E-state index in [9.17, 15) is 18.0 Å². The summed E-state index contributed by atoms with van der Waals surface area (Å²) in [5.41, 5.74) is 4.94. The molecule has 1 aromatic heterocycles. The summed E-state index contributed by atoms with van der Waals surface area (Å²) in [5.74, 6) is -2.02. The molecule has 0 spiro atoms. The quantitative estimate of drug-likeness (QED) is 0.801. The first-order valence-corrected chi connectivity index (χ1v) is 5.20. The normalized spacial score (nSPS) is 11.4. The van der Waals surface area contributed by atoms with E-state index in [1.165, 1.54) is 0 Å². The molecule has 0 aliphatic carbocycles. The molecule has 0 saturated carbocycles. The van der Waals surface area contributed by atoms with Crippen LogP contribution in [-0.2, 0) is 6.54 Å². The Balaban J connectivity index is 3.26. The van der Waals surface area contributed by atoms with Crippen molar-refractivity contribution in [2.75, 3.05) is 0 Å². The van der Waals surface area contributed by atoms with E-state index in [1.807, 2.05) is 0 Å². The second-order valence-corrected chi connectivity index (χ2v) is 3.91. The van der Waals surface area contributed by atoms with Gasteiger partial charge >= 0.3 is 12.3 Å². The van der Waals surface area contributed by atoms with Gasteiger partial charge in [0.25, 0.3) is 0 Å². The lowest BCUT2D eigenvalue weighted by Gasteiger charge is -2.13. The highest BCUT2D eigenvalue weighted by Crippen LogP contribution is 2.28. The van der Waals surface area contributed by atoms with Crippen LogP contribution >= 0.6 is 22.6 Å². The first-order valence-electron chi connectivity index (χ1n) is 4.12. The van der Waals surface area contributed by atoms with Crippen LogP contribution in [0.4, 0.5) is 13.2 Å². The third-order valence-corrected chi connectivity index (χ3v) is 2.95. The molecule has 9 heteroatoms. The Labute approximate surface area is 107 Å². The standard InChI is InChI=1S/C8H6F3IN2O3/c9-8(10,11)17-6-3(1-13)5(12)4(2-14-6)7(15)16/h2H,1,13H2,(H,15,16). The van der Waals surface area contributed by atoms with Crippen molar-refractivity contribution >= 4 is 28.6 Å². The molecule has 0 aliphatic heterocycles. The van der Waals surface area contributed by atoms with Crippen LogP contribution in [0.25, 0.3) is 0 Å². The number of nitrogens with zero attached hydrogens (tertiary/aromatic N) is 1. The van der Waals surface area contributed by atoms with Crippen LogP contribution in [0, 0.1) is 3.57 Å². The Morgan fingerprint density at radius 1 is 1.59 bits per heavy atom. The van der Waals surface area contributed by atoms with Gasteiger partial charge in [0.15, 0.2) is 0 Å². The minimum atomic E-state index is -4.90. The van der Waals surface area contributed by atoms with E-state index in [4.69, 9.17) is 10.8 Å². The Bertz CT molecular complexity index is 450. The van der Waals surface area contributed by atoms with Crippen LogP contribution in [0.5, 0.6) is 5.88 Å². The third-order valence-electron chi connectivity index (χ3n) is 1.72. The van der Waals surface area contributed by atoms with Crippen LogP contribution < -0.4 is 10.5 Å². The number of alkyl halides is 3. The molecule has 0 bridgehead atoms. The van der Waals surface area contributed by atoms with Crippen LogP contribution in [0.3, 0.4) is 0 Å². The Kier molecular flexibility index (Phi) is 4.14. The van der Waals surface area contributed by atoms with Gasteiger partial charge in [-0.25, -0.2) is 9.78 Å². The SMILES string of the molecule is NCc1c(OC(F)(F)F)ncc(C(=O)O)c1I. The van der Waals surface area contributed by atoms with Gasteiger partial charge in [-0.15, -0.1) is 13.2 Å².